The van der Waals surface area contributed by atoms with E-state index in [0.29, 0.717) is 11.7 Å². The first-order valence-corrected chi connectivity index (χ1v) is 7.35. The SMILES string of the molecule is CC(C)CC(N)c1nn2c(-c3cccnc3)nnc2s1. The van der Waals surface area contributed by atoms with Gasteiger partial charge in [-0.3, -0.25) is 4.98 Å². The third-order valence-corrected chi connectivity index (χ3v) is 4.00. The van der Waals surface area contributed by atoms with E-state index in [0.717, 1.165) is 22.0 Å². The summed E-state index contributed by atoms with van der Waals surface area (Å²) in [6.07, 6.45) is 4.39. The van der Waals surface area contributed by atoms with Crippen LogP contribution in [0.25, 0.3) is 16.3 Å². The zero-order chi connectivity index (χ0) is 14.1. The molecule has 2 N–H and O–H groups in total. The first-order valence-electron chi connectivity index (χ1n) is 6.53. The van der Waals surface area contributed by atoms with E-state index in [9.17, 15) is 0 Å². The van der Waals surface area contributed by atoms with E-state index in [2.05, 4.69) is 34.1 Å². The summed E-state index contributed by atoms with van der Waals surface area (Å²) in [7, 11) is 0. The summed E-state index contributed by atoms with van der Waals surface area (Å²) >= 11 is 1.50. The van der Waals surface area contributed by atoms with Crippen LogP contribution < -0.4 is 5.73 Å². The van der Waals surface area contributed by atoms with E-state index in [-0.39, 0.29) is 6.04 Å². The molecule has 20 heavy (non-hydrogen) atoms. The Kier molecular flexibility index (Phi) is 3.45. The fourth-order valence-corrected chi connectivity index (χ4v) is 2.92. The van der Waals surface area contributed by atoms with Gasteiger partial charge in [0.25, 0.3) is 0 Å². The van der Waals surface area contributed by atoms with Crippen molar-refractivity contribution in [3.05, 3.63) is 29.5 Å². The second-order valence-corrected chi connectivity index (χ2v) is 6.12. The molecular formula is C13H16N6S. The van der Waals surface area contributed by atoms with Gasteiger partial charge < -0.3 is 5.73 Å². The van der Waals surface area contributed by atoms with Gasteiger partial charge in [-0.1, -0.05) is 25.2 Å². The first kappa shape index (κ1) is 13.1. The number of fused-ring (bicyclic) bond motifs is 1. The molecule has 3 heterocycles. The van der Waals surface area contributed by atoms with Crippen LogP contribution in [-0.2, 0) is 0 Å². The van der Waals surface area contributed by atoms with Crippen molar-refractivity contribution in [1.29, 1.82) is 0 Å². The van der Waals surface area contributed by atoms with Gasteiger partial charge in [-0.2, -0.15) is 9.61 Å². The first-order chi connectivity index (χ1) is 9.65. The highest BCUT2D eigenvalue weighted by Crippen LogP contribution is 2.26. The summed E-state index contributed by atoms with van der Waals surface area (Å²) in [5.74, 6) is 1.24. The lowest BCUT2D eigenvalue weighted by Crippen LogP contribution is -2.13. The summed E-state index contributed by atoms with van der Waals surface area (Å²) < 4.78 is 1.75. The van der Waals surface area contributed by atoms with Crippen LogP contribution in [0.1, 0.15) is 31.3 Å². The summed E-state index contributed by atoms with van der Waals surface area (Å²) in [5.41, 5.74) is 7.08. The molecule has 1 atom stereocenters. The molecular weight excluding hydrogens is 272 g/mol. The topological polar surface area (TPSA) is 82.0 Å². The average molecular weight is 288 g/mol. The number of nitrogens with two attached hydrogens (primary N) is 1. The smallest absolute Gasteiger partial charge is 0.235 e. The van der Waals surface area contributed by atoms with Crippen molar-refractivity contribution in [1.82, 2.24) is 24.8 Å². The molecule has 0 aliphatic rings. The van der Waals surface area contributed by atoms with Crippen LogP contribution >= 0.6 is 11.3 Å². The minimum absolute atomic E-state index is 0.0524. The molecule has 0 radical (unpaired) electrons. The zero-order valence-corrected chi connectivity index (χ0v) is 12.2. The molecule has 3 rings (SSSR count). The van der Waals surface area contributed by atoms with Gasteiger partial charge >= 0.3 is 0 Å². The summed E-state index contributed by atoms with van der Waals surface area (Å²) in [5, 5.41) is 13.8. The molecule has 0 amide bonds. The lowest BCUT2D eigenvalue weighted by atomic mass is 10.1. The second kappa shape index (κ2) is 5.26. The molecule has 104 valence electrons. The van der Waals surface area contributed by atoms with Gasteiger partial charge in [0.1, 0.15) is 5.01 Å². The molecule has 6 nitrogen and oxygen atoms in total. The molecule has 0 spiro atoms. The molecule has 1 unspecified atom stereocenters. The lowest BCUT2D eigenvalue weighted by Gasteiger charge is -2.09. The Labute approximate surface area is 120 Å². The van der Waals surface area contributed by atoms with E-state index in [1.54, 1.807) is 16.9 Å². The standard InChI is InChI=1S/C13H16N6S/c1-8(2)6-10(14)12-18-19-11(16-17-13(19)20-12)9-4-3-5-15-7-9/h3-5,7-8,10H,6,14H2,1-2H3. The van der Waals surface area contributed by atoms with Crippen LogP contribution in [0.2, 0.25) is 0 Å². The Hall–Kier alpha value is -1.86. The Balaban J connectivity index is 1.99. The minimum atomic E-state index is -0.0524. The second-order valence-electron chi connectivity index (χ2n) is 5.14. The Morgan fingerprint density at radius 1 is 1.35 bits per heavy atom. The van der Waals surface area contributed by atoms with Crippen molar-refractivity contribution in [2.24, 2.45) is 11.7 Å². The van der Waals surface area contributed by atoms with Crippen molar-refractivity contribution in [3.8, 4) is 11.4 Å². The quantitative estimate of drug-likeness (QED) is 0.796. The molecule has 0 aromatic carbocycles. The maximum absolute atomic E-state index is 6.18. The molecule has 7 heteroatoms. The van der Waals surface area contributed by atoms with Crippen molar-refractivity contribution < 1.29 is 0 Å². The van der Waals surface area contributed by atoms with E-state index < -0.39 is 0 Å². The highest BCUT2D eigenvalue weighted by molar-refractivity contribution is 7.16. The number of pyridine rings is 1. The number of rotatable bonds is 4. The van der Waals surface area contributed by atoms with Gasteiger partial charge in [0, 0.05) is 18.0 Å². The van der Waals surface area contributed by atoms with E-state index in [1.807, 2.05) is 12.1 Å². The molecule has 0 aliphatic heterocycles. The van der Waals surface area contributed by atoms with Gasteiger partial charge in [0.15, 0.2) is 5.82 Å². The molecule has 0 fully saturated rings. The normalized spacial score (nSPS) is 13.2. The van der Waals surface area contributed by atoms with Crippen molar-refractivity contribution in [2.75, 3.05) is 0 Å². The number of hydrogen-bond donors (Lipinski definition) is 1. The number of hydrogen-bond acceptors (Lipinski definition) is 6. The summed E-state index contributed by atoms with van der Waals surface area (Å²) in [6.45, 7) is 4.31. The van der Waals surface area contributed by atoms with E-state index in [4.69, 9.17) is 5.73 Å². The monoisotopic (exact) mass is 288 g/mol. The maximum atomic E-state index is 6.18. The molecule has 0 bridgehead atoms. The maximum Gasteiger partial charge on any atom is 0.235 e. The third kappa shape index (κ3) is 2.41. The van der Waals surface area contributed by atoms with Gasteiger partial charge in [-0.05, 0) is 24.5 Å². The minimum Gasteiger partial charge on any atom is -0.322 e. The highest BCUT2D eigenvalue weighted by atomic mass is 32.1. The molecule has 3 aromatic rings. The summed E-state index contributed by atoms with van der Waals surface area (Å²) in [4.78, 5) is 4.86. The predicted octanol–water partition coefficient (Wildman–Crippen LogP) is 2.29. The van der Waals surface area contributed by atoms with Gasteiger partial charge in [0.2, 0.25) is 4.96 Å². The molecule has 0 saturated carbocycles. The third-order valence-electron chi connectivity index (χ3n) is 2.97. The van der Waals surface area contributed by atoms with Gasteiger partial charge in [-0.25, -0.2) is 0 Å². The van der Waals surface area contributed by atoms with Crippen LogP contribution in [0.3, 0.4) is 0 Å². The lowest BCUT2D eigenvalue weighted by molar-refractivity contribution is 0.505. The summed E-state index contributed by atoms with van der Waals surface area (Å²) in [6, 6.07) is 3.76. The molecule has 0 aliphatic carbocycles. The van der Waals surface area contributed by atoms with Crippen molar-refractivity contribution in [3.63, 3.8) is 0 Å². The highest BCUT2D eigenvalue weighted by Gasteiger charge is 2.18. The number of nitrogens with zero attached hydrogens (tertiary/aromatic N) is 5. The van der Waals surface area contributed by atoms with Crippen LogP contribution in [0.5, 0.6) is 0 Å². The van der Waals surface area contributed by atoms with Crippen molar-refractivity contribution in [2.45, 2.75) is 26.3 Å². The van der Waals surface area contributed by atoms with Crippen molar-refractivity contribution >= 4 is 16.3 Å². The number of aromatic nitrogens is 5. The zero-order valence-electron chi connectivity index (χ0n) is 11.4. The predicted molar refractivity (Wildman–Crippen MR) is 78.3 cm³/mol. The Bertz CT molecular complexity index is 702. The molecule has 0 saturated heterocycles. The fraction of sp³-hybridized carbons (Fsp3) is 0.385. The van der Waals surface area contributed by atoms with Crippen LogP contribution in [-0.4, -0.2) is 24.8 Å². The van der Waals surface area contributed by atoms with E-state index in [1.165, 1.54) is 11.3 Å². The van der Waals surface area contributed by atoms with Crippen LogP contribution in [0, 0.1) is 5.92 Å². The Morgan fingerprint density at radius 2 is 2.20 bits per heavy atom. The largest absolute Gasteiger partial charge is 0.322 e. The van der Waals surface area contributed by atoms with Crippen LogP contribution in [0.4, 0.5) is 0 Å². The van der Waals surface area contributed by atoms with E-state index >= 15 is 0 Å². The van der Waals surface area contributed by atoms with Gasteiger partial charge in [0.05, 0.1) is 6.04 Å². The van der Waals surface area contributed by atoms with Crippen LogP contribution in [0.15, 0.2) is 24.5 Å². The molecule has 3 aromatic heterocycles. The Morgan fingerprint density at radius 3 is 2.90 bits per heavy atom. The average Bonchev–Trinajstić information content (AvgIpc) is 2.98. The fourth-order valence-electron chi connectivity index (χ4n) is 2.07. The van der Waals surface area contributed by atoms with Gasteiger partial charge in [-0.15, -0.1) is 10.2 Å².